The van der Waals surface area contributed by atoms with Crippen molar-refractivity contribution in [2.75, 3.05) is 18.6 Å². The molecule has 2 rings (SSSR count). The van der Waals surface area contributed by atoms with E-state index in [-0.39, 0.29) is 12.1 Å². The van der Waals surface area contributed by atoms with E-state index in [4.69, 9.17) is 5.73 Å². The summed E-state index contributed by atoms with van der Waals surface area (Å²) in [5.74, 6) is 0.677. The van der Waals surface area contributed by atoms with Gasteiger partial charge in [0.15, 0.2) is 9.84 Å². The van der Waals surface area contributed by atoms with Crippen molar-refractivity contribution in [2.24, 2.45) is 5.73 Å². The second kappa shape index (κ2) is 5.24. The van der Waals surface area contributed by atoms with Crippen LogP contribution in [0.15, 0.2) is 0 Å². The second-order valence-electron chi connectivity index (χ2n) is 5.59. The molecule has 0 aromatic heterocycles. The number of likely N-dealkylation sites (N-methyl/N-ethyl adjacent to an activating group) is 1. The fourth-order valence-corrected chi connectivity index (χ4v) is 4.98. The Bertz CT molecular complexity index is 356. The van der Waals surface area contributed by atoms with Gasteiger partial charge in [0.2, 0.25) is 0 Å². The fraction of sp³-hybridized carbons (Fsp3) is 1.00. The topological polar surface area (TPSA) is 63.4 Å². The molecule has 2 fully saturated rings. The van der Waals surface area contributed by atoms with Gasteiger partial charge in [-0.15, -0.1) is 0 Å². The normalized spacial score (nSPS) is 38.2. The summed E-state index contributed by atoms with van der Waals surface area (Å²) >= 11 is 0. The van der Waals surface area contributed by atoms with Gasteiger partial charge < -0.3 is 5.73 Å². The zero-order chi connectivity index (χ0) is 12.5. The van der Waals surface area contributed by atoms with Crippen LogP contribution in [0.3, 0.4) is 0 Å². The monoisotopic (exact) mass is 260 g/mol. The lowest BCUT2D eigenvalue weighted by atomic mass is 10.0. The van der Waals surface area contributed by atoms with E-state index in [1.165, 1.54) is 19.3 Å². The Balaban J connectivity index is 2.01. The van der Waals surface area contributed by atoms with Gasteiger partial charge in [0, 0.05) is 18.1 Å². The zero-order valence-corrected chi connectivity index (χ0v) is 11.5. The minimum Gasteiger partial charge on any atom is -0.326 e. The van der Waals surface area contributed by atoms with Crippen LogP contribution in [0.25, 0.3) is 0 Å². The summed E-state index contributed by atoms with van der Waals surface area (Å²) < 4.78 is 23.0. The number of sulfone groups is 1. The van der Waals surface area contributed by atoms with E-state index in [2.05, 4.69) is 11.9 Å². The average molecular weight is 260 g/mol. The highest BCUT2D eigenvalue weighted by atomic mass is 32.2. The standard InChI is InChI=1S/C12H24N2O2S/c1-14(10-7-8-17(15,16)9-10)12-6-4-2-3-5-11(12)13/h10-12H,2-9,13H2,1H3. The zero-order valence-electron chi connectivity index (χ0n) is 10.6. The first-order valence-electron chi connectivity index (χ1n) is 6.67. The van der Waals surface area contributed by atoms with Gasteiger partial charge in [0.05, 0.1) is 11.5 Å². The fourth-order valence-electron chi connectivity index (χ4n) is 3.19. The van der Waals surface area contributed by atoms with E-state index >= 15 is 0 Å². The lowest BCUT2D eigenvalue weighted by Crippen LogP contribution is -2.50. The number of hydrogen-bond donors (Lipinski definition) is 1. The second-order valence-corrected chi connectivity index (χ2v) is 7.82. The highest BCUT2D eigenvalue weighted by molar-refractivity contribution is 7.91. The summed E-state index contributed by atoms with van der Waals surface area (Å²) in [5.41, 5.74) is 6.22. The first kappa shape index (κ1) is 13.3. The van der Waals surface area contributed by atoms with Crippen molar-refractivity contribution in [1.29, 1.82) is 0 Å². The van der Waals surface area contributed by atoms with Crippen LogP contribution in [0, 0.1) is 0 Å². The van der Waals surface area contributed by atoms with E-state index in [1.54, 1.807) is 0 Å². The Morgan fingerprint density at radius 3 is 2.47 bits per heavy atom. The van der Waals surface area contributed by atoms with Crippen molar-refractivity contribution in [1.82, 2.24) is 4.90 Å². The Kier molecular flexibility index (Phi) is 4.10. The van der Waals surface area contributed by atoms with Crippen LogP contribution in [-0.2, 0) is 9.84 Å². The summed E-state index contributed by atoms with van der Waals surface area (Å²) in [6.07, 6.45) is 6.68. The molecule has 1 aliphatic heterocycles. The molecule has 0 amide bonds. The molecule has 4 nitrogen and oxygen atoms in total. The molecule has 1 saturated carbocycles. The molecule has 0 spiro atoms. The molecule has 0 aromatic rings. The molecule has 0 radical (unpaired) electrons. The lowest BCUT2D eigenvalue weighted by Gasteiger charge is -2.35. The first-order valence-corrected chi connectivity index (χ1v) is 8.50. The van der Waals surface area contributed by atoms with Crippen LogP contribution in [0.5, 0.6) is 0 Å². The molecule has 17 heavy (non-hydrogen) atoms. The summed E-state index contributed by atoms with van der Waals surface area (Å²) in [5, 5.41) is 0. The highest BCUT2D eigenvalue weighted by Crippen LogP contribution is 2.25. The van der Waals surface area contributed by atoms with Crippen LogP contribution in [0.4, 0.5) is 0 Å². The van der Waals surface area contributed by atoms with Crippen LogP contribution in [-0.4, -0.2) is 50.0 Å². The summed E-state index contributed by atoms with van der Waals surface area (Å²) in [4.78, 5) is 2.25. The molecule has 0 aromatic carbocycles. The summed E-state index contributed by atoms with van der Waals surface area (Å²) in [6, 6.07) is 0.774. The number of rotatable bonds is 2. The van der Waals surface area contributed by atoms with E-state index < -0.39 is 9.84 Å². The largest absolute Gasteiger partial charge is 0.326 e. The number of nitrogens with zero attached hydrogens (tertiary/aromatic N) is 1. The van der Waals surface area contributed by atoms with Gasteiger partial charge in [0.1, 0.15) is 0 Å². The first-order chi connectivity index (χ1) is 7.99. The molecular weight excluding hydrogens is 236 g/mol. The van der Waals surface area contributed by atoms with E-state index in [0.717, 1.165) is 19.3 Å². The Hall–Kier alpha value is -0.130. The SMILES string of the molecule is CN(C1CCS(=O)(=O)C1)C1CCCCCC1N. The molecule has 1 saturated heterocycles. The molecule has 3 atom stereocenters. The summed E-state index contributed by atoms with van der Waals surface area (Å²) in [6.45, 7) is 0. The molecule has 0 bridgehead atoms. The predicted octanol–water partition coefficient (Wildman–Crippen LogP) is 0.765. The van der Waals surface area contributed by atoms with Gasteiger partial charge >= 0.3 is 0 Å². The highest BCUT2D eigenvalue weighted by Gasteiger charge is 2.35. The van der Waals surface area contributed by atoms with Gasteiger partial charge in [-0.05, 0) is 26.3 Å². The average Bonchev–Trinajstić information content (AvgIpc) is 2.49. The van der Waals surface area contributed by atoms with Crippen LogP contribution >= 0.6 is 0 Å². The van der Waals surface area contributed by atoms with Gasteiger partial charge in [-0.2, -0.15) is 0 Å². The van der Waals surface area contributed by atoms with Gasteiger partial charge in [-0.1, -0.05) is 19.3 Å². The van der Waals surface area contributed by atoms with Gasteiger partial charge in [-0.3, -0.25) is 4.90 Å². The third kappa shape index (κ3) is 3.20. The molecular formula is C12H24N2O2S. The maximum atomic E-state index is 11.5. The predicted molar refractivity (Wildman–Crippen MR) is 69.7 cm³/mol. The van der Waals surface area contributed by atoms with E-state index in [9.17, 15) is 8.42 Å². The molecule has 2 N–H and O–H groups in total. The van der Waals surface area contributed by atoms with E-state index in [0.29, 0.717) is 17.5 Å². The molecule has 5 heteroatoms. The third-order valence-electron chi connectivity index (χ3n) is 4.34. The maximum absolute atomic E-state index is 11.5. The Morgan fingerprint density at radius 2 is 1.82 bits per heavy atom. The van der Waals surface area contributed by atoms with Gasteiger partial charge in [-0.25, -0.2) is 8.42 Å². The minimum absolute atomic E-state index is 0.189. The van der Waals surface area contributed by atoms with E-state index in [1.807, 2.05) is 0 Å². The Morgan fingerprint density at radius 1 is 1.12 bits per heavy atom. The third-order valence-corrected chi connectivity index (χ3v) is 6.09. The number of hydrogen-bond acceptors (Lipinski definition) is 4. The molecule has 100 valence electrons. The minimum atomic E-state index is -2.79. The number of nitrogens with two attached hydrogens (primary N) is 1. The van der Waals surface area contributed by atoms with Crippen molar-refractivity contribution < 1.29 is 8.42 Å². The van der Waals surface area contributed by atoms with Crippen molar-refractivity contribution in [3.05, 3.63) is 0 Å². The molecule has 2 aliphatic rings. The van der Waals surface area contributed by atoms with Gasteiger partial charge in [0.25, 0.3) is 0 Å². The Labute approximate surface area is 104 Å². The van der Waals surface area contributed by atoms with Crippen LogP contribution < -0.4 is 5.73 Å². The van der Waals surface area contributed by atoms with Crippen molar-refractivity contribution >= 4 is 9.84 Å². The quantitative estimate of drug-likeness (QED) is 0.745. The van der Waals surface area contributed by atoms with Crippen molar-refractivity contribution in [3.8, 4) is 0 Å². The molecule has 1 heterocycles. The van der Waals surface area contributed by atoms with Crippen molar-refractivity contribution in [3.63, 3.8) is 0 Å². The smallest absolute Gasteiger partial charge is 0.151 e. The molecule has 1 aliphatic carbocycles. The lowest BCUT2D eigenvalue weighted by molar-refractivity contribution is 0.155. The maximum Gasteiger partial charge on any atom is 0.151 e. The van der Waals surface area contributed by atoms with Crippen LogP contribution in [0.2, 0.25) is 0 Å². The summed E-state index contributed by atoms with van der Waals surface area (Å²) in [7, 11) is -0.731. The van der Waals surface area contributed by atoms with Crippen molar-refractivity contribution in [2.45, 2.75) is 56.7 Å². The van der Waals surface area contributed by atoms with Crippen LogP contribution in [0.1, 0.15) is 38.5 Å². The molecule has 3 unspecified atom stereocenters.